The van der Waals surface area contributed by atoms with Crippen LogP contribution in [-0.4, -0.2) is 75.0 Å². The number of sulfonamides is 1. The van der Waals surface area contributed by atoms with Gasteiger partial charge in [-0.05, 0) is 44.4 Å². The Kier molecular flexibility index (Phi) is 8.85. The molecule has 1 saturated heterocycles. The Morgan fingerprint density at radius 2 is 2.00 bits per heavy atom. The molecule has 1 aliphatic rings. The number of likely N-dealkylation sites (N-methyl/N-ethyl adjacent to an activating group) is 1. The third kappa shape index (κ3) is 7.23. The van der Waals surface area contributed by atoms with E-state index in [0.717, 1.165) is 0 Å². The van der Waals surface area contributed by atoms with Crippen LogP contribution in [0.15, 0.2) is 24.3 Å². The summed E-state index contributed by atoms with van der Waals surface area (Å²) in [6.07, 6.45) is 1.86. The number of ether oxygens (including phenoxy) is 1. The minimum absolute atomic E-state index is 0.0117. The van der Waals surface area contributed by atoms with Gasteiger partial charge < -0.3 is 14.5 Å². The first-order valence-electron chi connectivity index (χ1n) is 10.5. The Bertz CT molecular complexity index is 902. The van der Waals surface area contributed by atoms with Crippen molar-refractivity contribution < 1.29 is 27.5 Å². The lowest BCUT2D eigenvalue weighted by molar-refractivity contribution is -0.151. The minimum Gasteiger partial charge on any atom is -0.466 e. The number of piperidine rings is 1. The second kappa shape index (κ2) is 11.1. The van der Waals surface area contributed by atoms with Gasteiger partial charge >= 0.3 is 5.97 Å². The number of amides is 2. The van der Waals surface area contributed by atoms with Gasteiger partial charge in [-0.2, -0.15) is 0 Å². The fourth-order valence-corrected chi connectivity index (χ4v) is 4.59. The van der Waals surface area contributed by atoms with Crippen LogP contribution >= 0.6 is 0 Å². The molecule has 1 aromatic carbocycles. The van der Waals surface area contributed by atoms with Crippen molar-refractivity contribution in [2.45, 2.75) is 33.1 Å². The van der Waals surface area contributed by atoms with Gasteiger partial charge in [-0.25, -0.2) is 8.42 Å². The highest BCUT2D eigenvalue weighted by atomic mass is 32.2. The summed E-state index contributed by atoms with van der Waals surface area (Å²) in [5.41, 5.74) is 0.572. The average molecular weight is 454 g/mol. The van der Waals surface area contributed by atoms with Crippen molar-refractivity contribution in [3.05, 3.63) is 29.8 Å². The quantitative estimate of drug-likeness (QED) is 0.570. The molecule has 2 amide bonds. The van der Waals surface area contributed by atoms with E-state index in [2.05, 4.69) is 4.72 Å². The first-order chi connectivity index (χ1) is 14.7. The van der Waals surface area contributed by atoms with Gasteiger partial charge in [-0.15, -0.1) is 0 Å². The van der Waals surface area contributed by atoms with E-state index in [9.17, 15) is 22.8 Å². The SMILES string of the molecule is CCCS(=O)(=O)Nc1cccc(C(=O)N(C)CC(=O)N2CCCC(C(=O)OCC)C2)c1. The largest absolute Gasteiger partial charge is 0.466 e. The monoisotopic (exact) mass is 453 g/mol. The van der Waals surface area contributed by atoms with E-state index in [-0.39, 0.29) is 42.2 Å². The lowest BCUT2D eigenvalue weighted by Crippen LogP contribution is -2.47. The summed E-state index contributed by atoms with van der Waals surface area (Å²) in [6.45, 7) is 4.49. The number of anilines is 1. The highest BCUT2D eigenvalue weighted by Crippen LogP contribution is 2.19. The molecule has 10 heteroatoms. The fraction of sp³-hybridized carbons (Fsp3) is 0.571. The second-order valence-electron chi connectivity index (χ2n) is 7.59. The Labute approximate surface area is 183 Å². The van der Waals surface area contributed by atoms with Gasteiger partial charge in [0.2, 0.25) is 15.9 Å². The Hall–Kier alpha value is -2.62. The molecule has 1 unspecified atom stereocenters. The summed E-state index contributed by atoms with van der Waals surface area (Å²) >= 11 is 0. The highest BCUT2D eigenvalue weighted by molar-refractivity contribution is 7.92. The number of nitrogens with one attached hydrogen (secondary N) is 1. The number of rotatable bonds is 9. The van der Waals surface area contributed by atoms with E-state index in [1.54, 1.807) is 36.9 Å². The summed E-state index contributed by atoms with van der Waals surface area (Å²) in [7, 11) is -1.96. The number of carbonyl (C=O) groups is 3. The lowest BCUT2D eigenvalue weighted by atomic mass is 9.98. The van der Waals surface area contributed by atoms with Crippen molar-refractivity contribution in [3.8, 4) is 0 Å². The van der Waals surface area contributed by atoms with Crippen LogP contribution in [0.4, 0.5) is 5.69 Å². The number of nitrogens with zero attached hydrogens (tertiary/aromatic N) is 2. The zero-order chi connectivity index (χ0) is 23.0. The number of esters is 1. The van der Waals surface area contributed by atoms with Crippen LogP contribution in [0.3, 0.4) is 0 Å². The number of likely N-dealkylation sites (tertiary alicyclic amines) is 1. The van der Waals surface area contributed by atoms with E-state index >= 15 is 0 Å². The first kappa shape index (κ1) is 24.6. The van der Waals surface area contributed by atoms with Crippen molar-refractivity contribution in [1.82, 2.24) is 9.80 Å². The molecule has 2 rings (SSSR count). The summed E-state index contributed by atoms with van der Waals surface area (Å²) in [6, 6.07) is 6.17. The smallest absolute Gasteiger partial charge is 0.310 e. The molecular weight excluding hydrogens is 422 g/mol. The van der Waals surface area contributed by atoms with E-state index in [4.69, 9.17) is 4.74 Å². The molecule has 1 atom stereocenters. The molecule has 1 heterocycles. The maximum Gasteiger partial charge on any atom is 0.310 e. The van der Waals surface area contributed by atoms with Gasteiger partial charge in [0.15, 0.2) is 0 Å². The van der Waals surface area contributed by atoms with Gasteiger partial charge in [0, 0.05) is 31.4 Å². The molecule has 0 spiro atoms. The van der Waals surface area contributed by atoms with E-state index < -0.39 is 15.9 Å². The van der Waals surface area contributed by atoms with Crippen LogP contribution in [0.2, 0.25) is 0 Å². The maximum atomic E-state index is 12.8. The second-order valence-corrected chi connectivity index (χ2v) is 9.44. The number of carbonyl (C=O) groups excluding carboxylic acids is 3. The highest BCUT2D eigenvalue weighted by Gasteiger charge is 2.30. The van der Waals surface area contributed by atoms with Crippen molar-refractivity contribution in [2.75, 3.05) is 43.8 Å². The van der Waals surface area contributed by atoms with Gasteiger partial charge in [0.25, 0.3) is 5.91 Å². The van der Waals surface area contributed by atoms with Gasteiger partial charge in [0.1, 0.15) is 0 Å². The molecule has 31 heavy (non-hydrogen) atoms. The number of benzene rings is 1. The van der Waals surface area contributed by atoms with Crippen LogP contribution in [0.25, 0.3) is 0 Å². The van der Waals surface area contributed by atoms with Gasteiger partial charge in [-0.1, -0.05) is 13.0 Å². The van der Waals surface area contributed by atoms with E-state index in [1.165, 1.54) is 18.0 Å². The molecule has 0 aromatic heterocycles. The van der Waals surface area contributed by atoms with Crippen molar-refractivity contribution in [1.29, 1.82) is 0 Å². The topological polar surface area (TPSA) is 113 Å². The molecule has 0 aliphatic carbocycles. The zero-order valence-electron chi connectivity index (χ0n) is 18.3. The van der Waals surface area contributed by atoms with Crippen LogP contribution in [0, 0.1) is 5.92 Å². The van der Waals surface area contributed by atoms with E-state index in [1.807, 2.05) is 0 Å². The molecule has 0 radical (unpaired) electrons. The Balaban J connectivity index is 1.99. The molecule has 0 saturated carbocycles. The average Bonchev–Trinajstić information content (AvgIpc) is 2.73. The molecule has 172 valence electrons. The predicted octanol–water partition coefficient (Wildman–Crippen LogP) is 1.71. The van der Waals surface area contributed by atoms with Crippen molar-refractivity contribution in [2.24, 2.45) is 5.92 Å². The Morgan fingerprint density at radius 1 is 1.26 bits per heavy atom. The zero-order valence-corrected chi connectivity index (χ0v) is 19.1. The fourth-order valence-electron chi connectivity index (χ4n) is 3.47. The maximum absolute atomic E-state index is 12.8. The molecule has 1 N–H and O–H groups in total. The molecule has 0 bridgehead atoms. The first-order valence-corrected chi connectivity index (χ1v) is 12.1. The summed E-state index contributed by atoms with van der Waals surface area (Å²) < 4.78 is 31.4. The van der Waals surface area contributed by atoms with Crippen molar-refractivity contribution in [3.63, 3.8) is 0 Å². The summed E-state index contributed by atoms with van der Waals surface area (Å²) in [5, 5.41) is 0. The van der Waals surface area contributed by atoms with E-state index in [0.29, 0.717) is 38.1 Å². The van der Waals surface area contributed by atoms with Crippen LogP contribution in [-0.2, 0) is 24.3 Å². The molecule has 1 aliphatic heterocycles. The van der Waals surface area contributed by atoms with Crippen LogP contribution in [0.1, 0.15) is 43.5 Å². The van der Waals surface area contributed by atoms with Crippen molar-refractivity contribution >= 4 is 33.5 Å². The standard InChI is InChI=1S/C21H31N3O6S/c1-4-12-31(28,29)22-18-10-6-8-16(13-18)20(26)23(3)15-19(25)24-11-7-9-17(14-24)21(27)30-5-2/h6,8,10,13,17,22H,4-5,7,9,11-12,14-15H2,1-3H3. The third-order valence-electron chi connectivity index (χ3n) is 4.97. The predicted molar refractivity (Wildman–Crippen MR) is 117 cm³/mol. The summed E-state index contributed by atoms with van der Waals surface area (Å²) in [4.78, 5) is 40.3. The number of hydrogen-bond donors (Lipinski definition) is 1. The molecule has 1 fully saturated rings. The van der Waals surface area contributed by atoms with Crippen LogP contribution in [0.5, 0.6) is 0 Å². The molecule has 1 aromatic rings. The van der Waals surface area contributed by atoms with Crippen LogP contribution < -0.4 is 4.72 Å². The molecule has 9 nitrogen and oxygen atoms in total. The third-order valence-corrected chi connectivity index (χ3v) is 6.46. The lowest BCUT2D eigenvalue weighted by Gasteiger charge is -2.32. The number of hydrogen-bond acceptors (Lipinski definition) is 6. The van der Waals surface area contributed by atoms with Gasteiger partial charge in [0.05, 0.1) is 24.8 Å². The molecular formula is C21H31N3O6S. The minimum atomic E-state index is -3.47. The summed E-state index contributed by atoms with van der Waals surface area (Å²) in [5.74, 6) is -1.30. The normalized spacial score (nSPS) is 16.5. The Morgan fingerprint density at radius 3 is 2.68 bits per heavy atom. The van der Waals surface area contributed by atoms with Gasteiger partial charge in [-0.3, -0.25) is 19.1 Å².